The third-order valence-electron chi connectivity index (χ3n) is 3.66. The molecule has 3 heteroatoms. The highest BCUT2D eigenvalue weighted by molar-refractivity contribution is 6.00. The normalized spacial score (nSPS) is 24.4. The molecule has 0 aromatic carbocycles. The summed E-state index contributed by atoms with van der Waals surface area (Å²) < 4.78 is 5.20. The van der Waals surface area contributed by atoms with E-state index in [1.54, 1.807) is 25.6 Å². The fourth-order valence-electron chi connectivity index (χ4n) is 2.49. The Morgan fingerprint density at radius 2 is 2.06 bits per heavy atom. The molecule has 1 heterocycles. The first-order chi connectivity index (χ1) is 8.22. The zero-order chi connectivity index (χ0) is 12.3. The molecule has 0 spiro atoms. The molecule has 1 aliphatic rings. The summed E-state index contributed by atoms with van der Waals surface area (Å²) >= 11 is 0. The number of hydrogen-bond acceptors (Lipinski definition) is 3. The molecule has 1 aromatic rings. The van der Waals surface area contributed by atoms with Gasteiger partial charge >= 0.3 is 0 Å². The molecule has 3 nitrogen and oxygen atoms in total. The van der Waals surface area contributed by atoms with E-state index in [0.29, 0.717) is 11.3 Å². The van der Waals surface area contributed by atoms with Crippen molar-refractivity contribution in [2.75, 3.05) is 7.11 Å². The maximum absolute atomic E-state index is 12.4. The van der Waals surface area contributed by atoms with Crippen LogP contribution in [0.15, 0.2) is 18.5 Å². The topological polar surface area (TPSA) is 39.2 Å². The third-order valence-corrected chi connectivity index (χ3v) is 3.66. The Hall–Kier alpha value is -1.38. The van der Waals surface area contributed by atoms with Gasteiger partial charge in [-0.25, -0.2) is 0 Å². The number of Topliss-reactive ketones (excluding diaryl/α,β-unsaturated/α-hetero) is 1. The number of pyridine rings is 1. The molecule has 1 saturated carbocycles. The predicted octanol–water partition coefficient (Wildman–Crippen LogP) is 3.10. The Balaban J connectivity index is 2.14. The molecule has 0 aliphatic heterocycles. The number of ether oxygens (including phenoxy) is 1. The summed E-state index contributed by atoms with van der Waals surface area (Å²) in [6, 6.07) is 1.76. The Bertz CT molecular complexity index is 395. The average Bonchev–Trinajstić information content (AvgIpc) is 2.39. The monoisotopic (exact) mass is 233 g/mol. The third kappa shape index (κ3) is 2.65. The van der Waals surface area contributed by atoms with Gasteiger partial charge in [0.05, 0.1) is 18.9 Å². The molecular formula is C14H19NO2. The van der Waals surface area contributed by atoms with Gasteiger partial charge in [0.25, 0.3) is 0 Å². The van der Waals surface area contributed by atoms with Crippen LogP contribution in [0.1, 0.15) is 43.0 Å². The zero-order valence-corrected chi connectivity index (χ0v) is 10.5. The SMILES string of the molecule is COc1cnccc1C(=O)C1CCC(C)CC1. The Morgan fingerprint density at radius 1 is 1.35 bits per heavy atom. The fraction of sp³-hybridized carbons (Fsp3) is 0.571. The van der Waals surface area contributed by atoms with Crippen LogP contribution in [-0.4, -0.2) is 17.9 Å². The molecule has 0 unspecified atom stereocenters. The first kappa shape index (κ1) is 12.1. The molecule has 2 rings (SSSR count). The van der Waals surface area contributed by atoms with Gasteiger partial charge in [0.2, 0.25) is 0 Å². The molecule has 0 bridgehead atoms. The van der Waals surface area contributed by atoms with Gasteiger partial charge in [0.1, 0.15) is 5.75 Å². The summed E-state index contributed by atoms with van der Waals surface area (Å²) in [5.74, 6) is 1.74. The smallest absolute Gasteiger partial charge is 0.169 e. The molecule has 1 aromatic heterocycles. The molecular weight excluding hydrogens is 214 g/mol. The molecule has 0 radical (unpaired) electrons. The number of rotatable bonds is 3. The quantitative estimate of drug-likeness (QED) is 0.753. The molecule has 0 N–H and O–H groups in total. The highest BCUT2D eigenvalue weighted by atomic mass is 16.5. The largest absolute Gasteiger partial charge is 0.494 e. The molecule has 1 fully saturated rings. The Morgan fingerprint density at radius 3 is 2.71 bits per heavy atom. The molecule has 0 saturated heterocycles. The number of hydrogen-bond donors (Lipinski definition) is 0. The lowest BCUT2D eigenvalue weighted by atomic mass is 9.79. The summed E-state index contributed by atoms with van der Waals surface area (Å²) in [5, 5.41) is 0. The second kappa shape index (κ2) is 5.30. The summed E-state index contributed by atoms with van der Waals surface area (Å²) in [6.07, 6.45) is 7.59. The van der Waals surface area contributed by atoms with Crippen molar-refractivity contribution in [3.63, 3.8) is 0 Å². The van der Waals surface area contributed by atoms with Crippen LogP contribution in [0.2, 0.25) is 0 Å². The van der Waals surface area contributed by atoms with Crippen molar-refractivity contribution < 1.29 is 9.53 Å². The van der Waals surface area contributed by atoms with Gasteiger partial charge in [-0.3, -0.25) is 9.78 Å². The van der Waals surface area contributed by atoms with E-state index in [1.165, 1.54) is 0 Å². The van der Waals surface area contributed by atoms with Crippen LogP contribution >= 0.6 is 0 Å². The summed E-state index contributed by atoms with van der Waals surface area (Å²) in [5.41, 5.74) is 0.682. The van der Waals surface area contributed by atoms with Crippen LogP contribution in [0.25, 0.3) is 0 Å². The Kier molecular flexibility index (Phi) is 3.77. The van der Waals surface area contributed by atoms with Crippen molar-refractivity contribution in [3.8, 4) is 5.75 Å². The zero-order valence-electron chi connectivity index (χ0n) is 10.5. The standard InChI is InChI=1S/C14H19NO2/c1-10-3-5-11(6-4-10)14(16)12-7-8-15-9-13(12)17-2/h7-11H,3-6H2,1-2H3. The van der Waals surface area contributed by atoms with E-state index in [0.717, 1.165) is 31.6 Å². The number of carbonyl (C=O) groups is 1. The molecule has 17 heavy (non-hydrogen) atoms. The highest BCUT2D eigenvalue weighted by Crippen LogP contribution is 2.32. The van der Waals surface area contributed by atoms with Crippen LogP contribution in [0, 0.1) is 11.8 Å². The van der Waals surface area contributed by atoms with Gasteiger partial charge in [-0.1, -0.05) is 19.8 Å². The van der Waals surface area contributed by atoms with E-state index in [-0.39, 0.29) is 11.7 Å². The molecule has 92 valence electrons. The summed E-state index contributed by atoms with van der Waals surface area (Å²) in [4.78, 5) is 16.4. The highest BCUT2D eigenvalue weighted by Gasteiger charge is 2.26. The fourth-order valence-corrected chi connectivity index (χ4v) is 2.49. The van der Waals surface area contributed by atoms with Gasteiger partial charge < -0.3 is 4.74 Å². The maximum atomic E-state index is 12.4. The minimum Gasteiger partial charge on any atom is -0.494 e. The minimum absolute atomic E-state index is 0.169. The van der Waals surface area contributed by atoms with Gasteiger partial charge in [0, 0.05) is 12.1 Å². The van der Waals surface area contributed by atoms with E-state index in [9.17, 15) is 4.79 Å². The number of aromatic nitrogens is 1. The van der Waals surface area contributed by atoms with Gasteiger partial charge in [-0.15, -0.1) is 0 Å². The van der Waals surface area contributed by atoms with E-state index in [1.807, 2.05) is 0 Å². The van der Waals surface area contributed by atoms with Crippen molar-refractivity contribution in [1.29, 1.82) is 0 Å². The maximum Gasteiger partial charge on any atom is 0.169 e. The lowest BCUT2D eigenvalue weighted by Gasteiger charge is -2.25. The first-order valence-corrected chi connectivity index (χ1v) is 6.24. The van der Waals surface area contributed by atoms with Gasteiger partial charge in [0.15, 0.2) is 5.78 Å². The van der Waals surface area contributed by atoms with Crippen LogP contribution < -0.4 is 4.74 Å². The van der Waals surface area contributed by atoms with Crippen LogP contribution in [0.4, 0.5) is 0 Å². The molecule has 0 amide bonds. The second-order valence-electron chi connectivity index (χ2n) is 4.90. The van der Waals surface area contributed by atoms with E-state index >= 15 is 0 Å². The lowest BCUT2D eigenvalue weighted by molar-refractivity contribution is 0.0872. The average molecular weight is 233 g/mol. The summed E-state index contributed by atoms with van der Waals surface area (Å²) in [7, 11) is 1.58. The van der Waals surface area contributed by atoms with Crippen molar-refractivity contribution in [2.45, 2.75) is 32.6 Å². The van der Waals surface area contributed by atoms with Crippen LogP contribution in [-0.2, 0) is 0 Å². The van der Waals surface area contributed by atoms with Crippen molar-refractivity contribution in [2.24, 2.45) is 11.8 Å². The first-order valence-electron chi connectivity index (χ1n) is 6.24. The van der Waals surface area contributed by atoms with Crippen molar-refractivity contribution >= 4 is 5.78 Å². The Labute approximate surface area is 102 Å². The number of ketones is 1. The molecule has 1 aliphatic carbocycles. The van der Waals surface area contributed by atoms with E-state index in [2.05, 4.69) is 11.9 Å². The lowest BCUT2D eigenvalue weighted by Crippen LogP contribution is -2.21. The van der Waals surface area contributed by atoms with E-state index < -0.39 is 0 Å². The summed E-state index contributed by atoms with van der Waals surface area (Å²) in [6.45, 7) is 2.26. The molecule has 0 atom stereocenters. The van der Waals surface area contributed by atoms with E-state index in [4.69, 9.17) is 4.74 Å². The second-order valence-corrected chi connectivity index (χ2v) is 4.90. The number of methoxy groups -OCH3 is 1. The van der Waals surface area contributed by atoms with Crippen molar-refractivity contribution in [1.82, 2.24) is 4.98 Å². The predicted molar refractivity (Wildman–Crippen MR) is 66.2 cm³/mol. The minimum atomic E-state index is 0.169. The van der Waals surface area contributed by atoms with Crippen LogP contribution in [0.5, 0.6) is 5.75 Å². The van der Waals surface area contributed by atoms with Crippen LogP contribution in [0.3, 0.4) is 0 Å². The van der Waals surface area contributed by atoms with Gasteiger partial charge in [-0.2, -0.15) is 0 Å². The number of carbonyl (C=O) groups excluding carboxylic acids is 1. The van der Waals surface area contributed by atoms with Crippen molar-refractivity contribution in [3.05, 3.63) is 24.0 Å². The van der Waals surface area contributed by atoms with Gasteiger partial charge in [-0.05, 0) is 24.8 Å². The number of nitrogens with zero attached hydrogens (tertiary/aromatic N) is 1.